The van der Waals surface area contributed by atoms with Crippen LogP contribution in [0.1, 0.15) is 41.1 Å². The molecule has 1 aromatic heterocycles. The van der Waals surface area contributed by atoms with Crippen molar-refractivity contribution in [1.82, 2.24) is 0 Å². The van der Waals surface area contributed by atoms with Gasteiger partial charge in [0, 0.05) is 5.56 Å². The lowest BCUT2D eigenvalue weighted by molar-refractivity contribution is 0.101. The summed E-state index contributed by atoms with van der Waals surface area (Å²) < 4.78 is 5.92. The number of hydrogen-bond acceptors (Lipinski definition) is 2. The zero-order chi connectivity index (χ0) is 13.1. The summed E-state index contributed by atoms with van der Waals surface area (Å²) in [6, 6.07) is 9.52. The summed E-state index contributed by atoms with van der Waals surface area (Å²) in [5, 5.41) is 0. The minimum atomic E-state index is -0.0483. The van der Waals surface area contributed by atoms with Crippen LogP contribution in [0.4, 0.5) is 0 Å². The second-order valence-corrected chi connectivity index (χ2v) is 4.91. The third-order valence-electron chi connectivity index (χ3n) is 3.01. The molecule has 2 aromatic rings. The van der Waals surface area contributed by atoms with E-state index in [4.69, 9.17) is 4.42 Å². The largest absolute Gasteiger partial charge is 0.446 e. The summed E-state index contributed by atoms with van der Waals surface area (Å²) in [5.74, 6) is 0.331. The van der Waals surface area contributed by atoms with Crippen molar-refractivity contribution < 1.29 is 9.21 Å². The van der Waals surface area contributed by atoms with E-state index in [-0.39, 0.29) is 5.78 Å². The highest BCUT2D eigenvalue weighted by molar-refractivity contribution is 9.10. The monoisotopic (exact) mass is 306 g/mol. The first-order valence-electron chi connectivity index (χ1n) is 6.07. The SMILES string of the molecule is CCc1ccc(CC)c(C(=O)c2ccc(Br)o2)c1. The number of carbonyl (C=O) groups excluding carboxylic acids is 1. The first kappa shape index (κ1) is 13.1. The molecule has 2 rings (SSSR count). The topological polar surface area (TPSA) is 30.2 Å². The minimum absolute atomic E-state index is 0.0483. The lowest BCUT2D eigenvalue weighted by Gasteiger charge is -2.07. The molecule has 0 saturated heterocycles. The summed E-state index contributed by atoms with van der Waals surface area (Å²) in [4.78, 5) is 12.4. The highest BCUT2D eigenvalue weighted by Crippen LogP contribution is 2.21. The Kier molecular flexibility index (Phi) is 4.02. The number of aryl methyl sites for hydroxylation is 2. The third kappa shape index (κ3) is 2.56. The van der Waals surface area contributed by atoms with Crippen molar-refractivity contribution in [3.63, 3.8) is 0 Å². The molecule has 0 radical (unpaired) electrons. The predicted molar refractivity (Wildman–Crippen MR) is 75.0 cm³/mol. The number of furan rings is 1. The predicted octanol–water partition coefficient (Wildman–Crippen LogP) is 4.40. The van der Waals surface area contributed by atoms with Crippen molar-refractivity contribution in [3.05, 3.63) is 57.5 Å². The summed E-state index contributed by atoms with van der Waals surface area (Å²) in [5.41, 5.74) is 2.98. The average molecular weight is 307 g/mol. The molecule has 0 amide bonds. The molecule has 0 saturated carbocycles. The Morgan fingerprint density at radius 1 is 1.17 bits per heavy atom. The van der Waals surface area contributed by atoms with Crippen LogP contribution in [0.2, 0.25) is 0 Å². The van der Waals surface area contributed by atoms with E-state index >= 15 is 0 Å². The fourth-order valence-electron chi connectivity index (χ4n) is 1.93. The Labute approximate surface area is 115 Å². The number of carbonyl (C=O) groups is 1. The van der Waals surface area contributed by atoms with Crippen molar-refractivity contribution in [2.45, 2.75) is 26.7 Å². The Morgan fingerprint density at radius 3 is 2.50 bits per heavy atom. The van der Waals surface area contributed by atoms with Crippen LogP contribution in [0, 0.1) is 0 Å². The average Bonchev–Trinajstić information content (AvgIpc) is 2.83. The van der Waals surface area contributed by atoms with Gasteiger partial charge in [0.05, 0.1) is 0 Å². The van der Waals surface area contributed by atoms with Crippen LogP contribution in [-0.2, 0) is 12.8 Å². The minimum Gasteiger partial charge on any atom is -0.446 e. The van der Waals surface area contributed by atoms with Crippen molar-refractivity contribution in [2.24, 2.45) is 0 Å². The molecule has 0 bridgehead atoms. The van der Waals surface area contributed by atoms with E-state index in [0.717, 1.165) is 24.0 Å². The normalized spacial score (nSPS) is 10.6. The zero-order valence-electron chi connectivity index (χ0n) is 10.5. The van der Waals surface area contributed by atoms with Crippen LogP contribution in [0.3, 0.4) is 0 Å². The van der Waals surface area contributed by atoms with Crippen LogP contribution in [0.25, 0.3) is 0 Å². The first-order chi connectivity index (χ1) is 8.65. The van der Waals surface area contributed by atoms with Gasteiger partial charge < -0.3 is 4.42 Å². The van der Waals surface area contributed by atoms with Crippen LogP contribution in [-0.4, -0.2) is 5.78 Å². The lowest BCUT2D eigenvalue weighted by atomic mass is 9.97. The van der Waals surface area contributed by atoms with Gasteiger partial charge in [0.1, 0.15) is 0 Å². The molecule has 0 unspecified atom stereocenters. The molecule has 0 aliphatic carbocycles. The van der Waals surface area contributed by atoms with Crippen LogP contribution in [0.5, 0.6) is 0 Å². The highest BCUT2D eigenvalue weighted by Gasteiger charge is 2.16. The van der Waals surface area contributed by atoms with Gasteiger partial charge in [-0.1, -0.05) is 26.0 Å². The molecule has 0 N–H and O–H groups in total. The Balaban J connectivity index is 2.45. The van der Waals surface area contributed by atoms with E-state index < -0.39 is 0 Å². The quantitative estimate of drug-likeness (QED) is 0.784. The van der Waals surface area contributed by atoms with E-state index in [1.54, 1.807) is 12.1 Å². The maximum atomic E-state index is 12.4. The summed E-state index contributed by atoms with van der Waals surface area (Å²) in [7, 11) is 0. The van der Waals surface area contributed by atoms with E-state index in [1.165, 1.54) is 5.56 Å². The summed E-state index contributed by atoms with van der Waals surface area (Å²) in [6.07, 6.45) is 1.76. The van der Waals surface area contributed by atoms with Gasteiger partial charge in [0.25, 0.3) is 0 Å². The van der Waals surface area contributed by atoms with E-state index in [1.807, 2.05) is 12.1 Å². The summed E-state index contributed by atoms with van der Waals surface area (Å²) in [6.45, 7) is 4.13. The zero-order valence-corrected chi connectivity index (χ0v) is 12.1. The molecule has 0 aliphatic rings. The van der Waals surface area contributed by atoms with E-state index in [9.17, 15) is 4.79 Å². The second kappa shape index (κ2) is 5.53. The van der Waals surface area contributed by atoms with Crippen molar-refractivity contribution >= 4 is 21.7 Å². The lowest BCUT2D eigenvalue weighted by Crippen LogP contribution is -2.05. The number of rotatable bonds is 4. The fraction of sp³-hybridized carbons (Fsp3) is 0.267. The fourth-order valence-corrected chi connectivity index (χ4v) is 2.24. The maximum Gasteiger partial charge on any atom is 0.228 e. The molecule has 0 fully saturated rings. The maximum absolute atomic E-state index is 12.4. The molecule has 3 heteroatoms. The van der Waals surface area contributed by atoms with E-state index in [0.29, 0.717) is 10.4 Å². The molecule has 18 heavy (non-hydrogen) atoms. The summed E-state index contributed by atoms with van der Waals surface area (Å²) >= 11 is 3.22. The van der Waals surface area contributed by atoms with Gasteiger partial charge in [0.15, 0.2) is 10.4 Å². The second-order valence-electron chi connectivity index (χ2n) is 4.13. The van der Waals surface area contributed by atoms with E-state index in [2.05, 4.69) is 35.8 Å². The first-order valence-corrected chi connectivity index (χ1v) is 6.86. The van der Waals surface area contributed by atoms with Crippen LogP contribution in [0.15, 0.2) is 39.4 Å². The van der Waals surface area contributed by atoms with Gasteiger partial charge in [0.2, 0.25) is 5.78 Å². The molecule has 1 aromatic carbocycles. The molecule has 2 nitrogen and oxygen atoms in total. The van der Waals surface area contributed by atoms with Gasteiger partial charge in [-0.3, -0.25) is 4.79 Å². The number of halogens is 1. The number of hydrogen-bond donors (Lipinski definition) is 0. The smallest absolute Gasteiger partial charge is 0.228 e. The van der Waals surface area contributed by atoms with Crippen molar-refractivity contribution in [1.29, 1.82) is 0 Å². The van der Waals surface area contributed by atoms with Gasteiger partial charge in [-0.2, -0.15) is 0 Å². The van der Waals surface area contributed by atoms with Crippen LogP contribution < -0.4 is 0 Å². The van der Waals surface area contributed by atoms with Gasteiger partial charge >= 0.3 is 0 Å². The van der Waals surface area contributed by atoms with Gasteiger partial charge in [-0.05, 0) is 58.1 Å². The number of benzene rings is 1. The molecule has 1 heterocycles. The standard InChI is InChI=1S/C15H15BrO2/c1-3-10-5-6-11(4-2)12(9-10)15(17)13-7-8-14(16)18-13/h5-9H,3-4H2,1-2H3. The highest BCUT2D eigenvalue weighted by atomic mass is 79.9. The molecule has 94 valence electrons. The Morgan fingerprint density at radius 2 is 1.94 bits per heavy atom. The van der Waals surface area contributed by atoms with Gasteiger partial charge in [-0.25, -0.2) is 0 Å². The number of ketones is 1. The molecule has 0 aliphatic heterocycles. The van der Waals surface area contributed by atoms with Gasteiger partial charge in [-0.15, -0.1) is 0 Å². The molecular weight excluding hydrogens is 292 g/mol. The molecular formula is C15H15BrO2. The van der Waals surface area contributed by atoms with Crippen LogP contribution >= 0.6 is 15.9 Å². The Hall–Kier alpha value is -1.35. The van der Waals surface area contributed by atoms with Crippen molar-refractivity contribution in [2.75, 3.05) is 0 Å². The van der Waals surface area contributed by atoms with Crippen molar-refractivity contribution in [3.8, 4) is 0 Å². The third-order valence-corrected chi connectivity index (χ3v) is 3.43. The molecule has 0 atom stereocenters. The Bertz CT molecular complexity index is 570. The molecule has 0 spiro atoms.